The second-order valence-electron chi connectivity index (χ2n) is 9.51. The van der Waals surface area contributed by atoms with E-state index in [0.29, 0.717) is 16.0 Å². The summed E-state index contributed by atoms with van der Waals surface area (Å²) in [6.45, 7) is 0. The van der Waals surface area contributed by atoms with Crippen LogP contribution in [0.2, 0.25) is 5.02 Å². The van der Waals surface area contributed by atoms with Gasteiger partial charge in [0.15, 0.2) is 5.84 Å². The van der Waals surface area contributed by atoms with Gasteiger partial charge in [-0.25, -0.2) is 10.0 Å². The molecule has 0 radical (unpaired) electrons. The van der Waals surface area contributed by atoms with Crippen LogP contribution < -0.4 is 15.9 Å². The summed E-state index contributed by atoms with van der Waals surface area (Å²) in [4.78, 5) is 22.1. The van der Waals surface area contributed by atoms with Crippen LogP contribution >= 0.6 is 23.4 Å². The fourth-order valence-electron chi connectivity index (χ4n) is 5.31. The highest BCUT2D eigenvalue weighted by Gasteiger charge is 2.51. The molecule has 41 heavy (non-hydrogen) atoms. The minimum atomic E-state index is -0.658. The molecule has 4 aromatic carbocycles. The van der Waals surface area contributed by atoms with E-state index in [0.717, 1.165) is 28.0 Å². The van der Waals surface area contributed by atoms with Crippen molar-refractivity contribution in [3.63, 3.8) is 0 Å². The molecule has 2 N–H and O–H groups in total. The molecule has 0 aliphatic carbocycles. The molecule has 204 valence electrons. The van der Waals surface area contributed by atoms with Crippen LogP contribution in [0.1, 0.15) is 23.3 Å². The average molecular weight is 587 g/mol. The maximum absolute atomic E-state index is 12.1. The number of hydrazine groups is 1. The smallest absolute Gasteiger partial charge is 0.284 e. The summed E-state index contributed by atoms with van der Waals surface area (Å²) in [6.07, 6.45) is -0.372. The summed E-state index contributed by atoms with van der Waals surface area (Å²) in [5.41, 5.74) is 7.85. The predicted molar refractivity (Wildman–Crippen MR) is 157 cm³/mol. The maximum atomic E-state index is 12.1. The summed E-state index contributed by atoms with van der Waals surface area (Å²) in [5, 5.41) is 39.4. The lowest BCUT2D eigenvalue weighted by molar-refractivity contribution is -0.393. The van der Waals surface area contributed by atoms with Gasteiger partial charge in [-0.1, -0.05) is 78.0 Å². The van der Waals surface area contributed by atoms with Gasteiger partial charge in [0.2, 0.25) is 5.17 Å². The van der Waals surface area contributed by atoms with Crippen LogP contribution in [0.5, 0.6) is 0 Å². The molecule has 1 fully saturated rings. The Morgan fingerprint density at radius 2 is 1.71 bits per heavy atom. The summed E-state index contributed by atoms with van der Waals surface area (Å²) < 4.78 is 0. The van der Waals surface area contributed by atoms with Gasteiger partial charge in [0.1, 0.15) is 17.1 Å². The Hall–Kier alpha value is -4.72. The van der Waals surface area contributed by atoms with Crippen molar-refractivity contribution in [2.75, 3.05) is 5.01 Å². The number of halogens is 1. The van der Waals surface area contributed by atoms with Crippen molar-refractivity contribution in [2.45, 2.75) is 17.5 Å². The third-order valence-electron chi connectivity index (χ3n) is 7.17. The normalized spacial score (nSPS) is 21.1. The number of nitro benzene ring substituents is 2. The third-order valence-corrected chi connectivity index (χ3v) is 8.63. The zero-order valence-electron chi connectivity index (χ0n) is 20.9. The maximum Gasteiger partial charge on any atom is 0.301 e. The van der Waals surface area contributed by atoms with Crippen LogP contribution in [0.15, 0.2) is 95.1 Å². The Labute approximate surface area is 241 Å². The highest BCUT2D eigenvalue weighted by Crippen LogP contribution is 2.49. The lowest BCUT2D eigenvalue weighted by Crippen LogP contribution is -2.52. The van der Waals surface area contributed by atoms with Crippen molar-refractivity contribution in [2.24, 2.45) is 10.2 Å². The standard InChI is InChI=1S/C27H19ClN8O4S/c28-17-10-8-16(9-11-17)23-24-26(32-33(23)21-13-12-18(35(37)38)14-22(21)36(39)40)34-27(41-24)30-29-25(31-34)20-7-3-5-15-4-1-2-6-19(15)20/h1-14,23-25,29,31H. The van der Waals surface area contributed by atoms with E-state index < -0.39 is 21.6 Å². The third kappa shape index (κ3) is 4.22. The number of nitrogens with one attached hydrogen (secondary N) is 2. The van der Waals surface area contributed by atoms with Gasteiger partial charge in [0.05, 0.1) is 22.0 Å². The van der Waals surface area contributed by atoms with Gasteiger partial charge in [-0.05, 0) is 40.1 Å². The second-order valence-corrected chi connectivity index (χ2v) is 11.1. The second kappa shape index (κ2) is 9.73. The van der Waals surface area contributed by atoms with Crippen molar-refractivity contribution in [1.29, 1.82) is 0 Å². The molecule has 0 bridgehead atoms. The Balaban J connectivity index is 1.31. The van der Waals surface area contributed by atoms with Gasteiger partial charge in [0.25, 0.3) is 5.69 Å². The Morgan fingerprint density at radius 1 is 0.927 bits per heavy atom. The number of thioether (sulfide) groups is 1. The van der Waals surface area contributed by atoms with Crippen molar-refractivity contribution < 1.29 is 9.85 Å². The van der Waals surface area contributed by atoms with Crippen LogP contribution in [0.4, 0.5) is 17.1 Å². The number of anilines is 1. The fourth-order valence-corrected chi connectivity index (χ4v) is 6.68. The number of hydrogen-bond acceptors (Lipinski definition) is 11. The van der Waals surface area contributed by atoms with E-state index in [1.165, 1.54) is 23.9 Å². The molecule has 3 aliphatic heterocycles. The van der Waals surface area contributed by atoms with Crippen molar-refractivity contribution in [3.05, 3.63) is 121 Å². The molecule has 0 amide bonds. The molecule has 3 heterocycles. The zero-order valence-corrected chi connectivity index (χ0v) is 22.5. The number of nitrogens with zero attached hydrogens (tertiary/aromatic N) is 6. The van der Waals surface area contributed by atoms with E-state index in [-0.39, 0.29) is 22.8 Å². The largest absolute Gasteiger partial charge is 0.301 e. The lowest BCUT2D eigenvalue weighted by atomic mass is 10.0. The summed E-state index contributed by atoms with van der Waals surface area (Å²) in [5.74, 6) is 0.605. The molecule has 3 atom stereocenters. The molecular weight excluding hydrogens is 568 g/mol. The van der Waals surface area contributed by atoms with Gasteiger partial charge in [-0.2, -0.15) is 15.6 Å². The first-order chi connectivity index (χ1) is 19.9. The average Bonchev–Trinajstić information content (AvgIpc) is 3.53. The van der Waals surface area contributed by atoms with E-state index in [2.05, 4.69) is 16.0 Å². The first kappa shape index (κ1) is 25.3. The topological polar surface area (TPSA) is 142 Å². The fraction of sp³-hybridized carbons (Fsp3) is 0.111. The van der Waals surface area contributed by atoms with Crippen LogP contribution in [0.25, 0.3) is 10.8 Å². The number of hydrazone groups is 2. The molecule has 1 saturated heterocycles. The summed E-state index contributed by atoms with van der Waals surface area (Å²) >= 11 is 7.63. The van der Waals surface area contributed by atoms with Crippen LogP contribution in [-0.2, 0) is 0 Å². The highest BCUT2D eigenvalue weighted by molar-refractivity contribution is 8.15. The number of nitro groups is 2. The first-order valence-electron chi connectivity index (χ1n) is 12.5. The molecular formula is C27H19ClN8O4S. The van der Waals surface area contributed by atoms with E-state index >= 15 is 0 Å². The summed E-state index contributed by atoms with van der Waals surface area (Å²) in [6, 6.07) is 24.4. The predicted octanol–water partition coefficient (Wildman–Crippen LogP) is 5.68. The van der Waals surface area contributed by atoms with Gasteiger partial charge in [0, 0.05) is 11.1 Å². The first-order valence-corrected chi connectivity index (χ1v) is 13.7. The Bertz CT molecular complexity index is 1790. The van der Waals surface area contributed by atoms with Crippen molar-refractivity contribution >= 4 is 62.2 Å². The van der Waals surface area contributed by atoms with Crippen LogP contribution in [0.3, 0.4) is 0 Å². The molecule has 0 saturated carbocycles. The minimum Gasteiger partial charge on any atom is -0.284 e. The van der Waals surface area contributed by atoms with E-state index in [1.807, 2.05) is 54.6 Å². The van der Waals surface area contributed by atoms with Crippen LogP contribution in [-0.4, -0.2) is 31.1 Å². The molecule has 14 heteroatoms. The van der Waals surface area contributed by atoms with Gasteiger partial charge >= 0.3 is 5.69 Å². The van der Waals surface area contributed by atoms with E-state index in [9.17, 15) is 20.2 Å². The lowest BCUT2D eigenvalue weighted by Gasteiger charge is -2.31. The highest BCUT2D eigenvalue weighted by atomic mass is 35.5. The van der Waals surface area contributed by atoms with E-state index in [4.69, 9.17) is 16.7 Å². The van der Waals surface area contributed by atoms with E-state index in [1.54, 1.807) is 22.2 Å². The number of fused-ring (bicyclic) bond motifs is 4. The molecule has 3 aliphatic rings. The van der Waals surface area contributed by atoms with Crippen molar-refractivity contribution in [1.82, 2.24) is 15.9 Å². The van der Waals surface area contributed by atoms with Crippen molar-refractivity contribution in [3.8, 4) is 0 Å². The Morgan fingerprint density at radius 3 is 2.49 bits per heavy atom. The SMILES string of the molecule is O=[N+]([O-])c1ccc(N2N=C3C(SC4=NNC(c5cccc6ccccc56)NN43)C2c2ccc(Cl)cc2)c([N+](=O)[O-])c1. The van der Waals surface area contributed by atoms with Gasteiger partial charge in [-0.3, -0.25) is 25.7 Å². The van der Waals surface area contributed by atoms with Gasteiger partial charge in [-0.15, -0.1) is 0 Å². The number of benzene rings is 4. The quantitative estimate of drug-likeness (QED) is 0.223. The zero-order chi connectivity index (χ0) is 28.2. The molecule has 12 nitrogen and oxygen atoms in total. The minimum absolute atomic E-state index is 0.141. The molecule has 4 aromatic rings. The molecule has 3 unspecified atom stereocenters. The number of amidine groups is 2. The monoisotopic (exact) mass is 586 g/mol. The number of hydrogen-bond donors (Lipinski definition) is 2. The number of non-ortho nitro benzene ring substituents is 1. The molecule has 0 aromatic heterocycles. The van der Waals surface area contributed by atoms with Gasteiger partial charge < -0.3 is 0 Å². The Kier molecular flexibility index (Phi) is 5.99. The molecule has 7 rings (SSSR count). The molecule has 0 spiro atoms. The van der Waals surface area contributed by atoms with Crippen LogP contribution in [0, 0.1) is 20.2 Å². The summed E-state index contributed by atoms with van der Waals surface area (Å²) in [7, 11) is 0. The number of rotatable bonds is 5.